The molecule has 0 spiro atoms. The summed E-state index contributed by atoms with van der Waals surface area (Å²) in [6.45, 7) is 0. The maximum absolute atomic E-state index is 10.3. The van der Waals surface area contributed by atoms with E-state index in [0.717, 1.165) is 0 Å². The van der Waals surface area contributed by atoms with Gasteiger partial charge in [0.2, 0.25) is 0 Å². The van der Waals surface area contributed by atoms with Gasteiger partial charge in [0.1, 0.15) is 0 Å². The summed E-state index contributed by atoms with van der Waals surface area (Å²) in [6, 6.07) is 0. The van der Waals surface area contributed by atoms with E-state index in [1.165, 1.54) is 0 Å². The van der Waals surface area contributed by atoms with Crippen molar-refractivity contribution in [2.75, 3.05) is 0 Å². The molecular weight excluding hydrogens is 109 g/mol. The van der Waals surface area contributed by atoms with Crippen LogP contribution in [-0.4, -0.2) is 4.21 Å². The standard InChI is InChI=1S/F2O2S.Li.H/c1-4-5(2)3;;/q;+1;-1. The molecule has 0 rings (SSSR count). The summed E-state index contributed by atoms with van der Waals surface area (Å²) in [4.78, 5) is 0. The van der Waals surface area contributed by atoms with Crippen molar-refractivity contribution in [2.24, 2.45) is 0 Å². The maximum atomic E-state index is 10.3. The van der Waals surface area contributed by atoms with Crippen LogP contribution in [0.1, 0.15) is 1.43 Å². The molecule has 0 N–H and O–H groups in total. The molecule has 0 aromatic rings. The van der Waals surface area contributed by atoms with E-state index in [4.69, 9.17) is 4.21 Å². The van der Waals surface area contributed by atoms with Crippen molar-refractivity contribution in [3.05, 3.63) is 0 Å². The summed E-state index contributed by atoms with van der Waals surface area (Å²) in [5, 5.41) is 0. The van der Waals surface area contributed by atoms with Crippen molar-refractivity contribution in [1.29, 1.82) is 0 Å². The first-order chi connectivity index (χ1) is 2.27. The zero-order valence-corrected chi connectivity index (χ0v) is 3.80. The van der Waals surface area contributed by atoms with Crippen LogP contribution in [0.4, 0.5) is 8.41 Å². The van der Waals surface area contributed by atoms with Crippen LogP contribution in [0.3, 0.4) is 0 Å². The van der Waals surface area contributed by atoms with Gasteiger partial charge in [0.25, 0.3) is 0 Å². The van der Waals surface area contributed by atoms with Gasteiger partial charge in [-0.15, -0.1) is 3.89 Å². The fourth-order valence-corrected chi connectivity index (χ4v) is 0. The van der Waals surface area contributed by atoms with Crippen LogP contribution in [0.2, 0.25) is 0 Å². The SMILES string of the molecule is O=S(F)OF.[H-].[Li+]. The second-order valence-corrected chi connectivity index (χ2v) is 0.771. The monoisotopic (exact) mass is 110 g/mol. The largest absolute Gasteiger partial charge is 1.00 e. The molecule has 6 heavy (non-hydrogen) atoms. The molecule has 0 aliphatic rings. The minimum atomic E-state index is -3.24. The maximum Gasteiger partial charge on any atom is 1.00 e. The molecule has 0 bridgehead atoms. The van der Waals surface area contributed by atoms with E-state index in [1.807, 2.05) is 0 Å². The van der Waals surface area contributed by atoms with Crippen LogP contribution >= 0.6 is 0 Å². The summed E-state index contributed by atoms with van der Waals surface area (Å²) >= 11 is -3.24. The second-order valence-electron chi connectivity index (χ2n) is 0.257. The van der Waals surface area contributed by atoms with Gasteiger partial charge in [0.15, 0.2) is 0 Å². The average Bonchev–Trinajstić information content (AvgIpc) is 1.38. The minimum absolute atomic E-state index is 0. The minimum Gasteiger partial charge on any atom is -1.00 e. The van der Waals surface area contributed by atoms with Crippen LogP contribution in [-0.2, 0) is 15.9 Å². The van der Waals surface area contributed by atoms with Crippen molar-refractivity contribution in [2.45, 2.75) is 0 Å². The number of halogens is 2. The Labute approximate surface area is 49.4 Å². The summed E-state index contributed by atoms with van der Waals surface area (Å²) in [7, 11) is 0. The Morgan fingerprint density at radius 1 is 1.83 bits per heavy atom. The van der Waals surface area contributed by atoms with Crippen LogP contribution in [0, 0.1) is 0 Å². The quantitative estimate of drug-likeness (QED) is 0.276. The zero-order chi connectivity index (χ0) is 4.28. The smallest absolute Gasteiger partial charge is 1.00 e. The van der Waals surface area contributed by atoms with Gasteiger partial charge in [-0.25, -0.2) is 0 Å². The van der Waals surface area contributed by atoms with E-state index in [0.29, 0.717) is 0 Å². The number of hydrogen-bond donors (Lipinski definition) is 0. The Morgan fingerprint density at radius 3 is 2.00 bits per heavy atom. The molecular formula is HF2LiO2S. The molecule has 1 atom stereocenters. The third-order valence-corrected chi connectivity index (χ3v) is 0.149. The van der Waals surface area contributed by atoms with E-state index in [9.17, 15) is 8.41 Å². The predicted molar refractivity (Wildman–Crippen MR) is 12.6 cm³/mol. The molecule has 0 aliphatic carbocycles. The molecule has 0 aliphatic heterocycles. The molecule has 0 aromatic heterocycles. The molecule has 0 fully saturated rings. The van der Waals surface area contributed by atoms with Gasteiger partial charge in [-0.2, -0.15) is 4.21 Å². The average molecular weight is 110 g/mol. The molecule has 0 amide bonds. The normalized spacial score (nSPS) is 12.3. The van der Waals surface area contributed by atoms with Gasteiger partial charge >= 0.3 is 30.3 Å². The molecule has 0 heterocycles. The van der Waals surface area contributed by atoms with Gasteiger partial charge in [-0.05, 0) is 4.53 Å². The molecule has 34 valence electrons. The number of hydrogen-bond acceptors (Lipinski definition) is 2. The summed E-state index contributed by atoms with van der Waals surface area (Å²) in [5.41, 5.74) is 0. The second kappa shape index (κ2) is 5.57. The third kappa shape index (κ3) is 8.82. The first kappa shape index (κ1) is 9.76. The Morgan fingerprint density at radius 2 is 2.00 bits per heavy atom. The van der Waals surface area contributed by atoms with Crippen molar-refractivity contribution in [3.63, 3.8) is 0 Å². The van der Waals surface area contributed by atoms with E-state index >= 15 is 0 Å². The Hall–Kier alpha value is 0.567. The fraction of sp³-hybridized carbons (Fsp3) is 0. The van der Waals surface area contributed by atoms with Crippen LogP contribution < -0.4 is 18.9 Å². The molecule has 0 aromatic carbocycles. The van der Waals surface area contributed by atoms with Gasteiger partial charge in [0, 0.05) is 0 Å². The topological polar surface area (TPSA) is 26.3 Å². The number of rotatable bonds is 1. The van der Waals surface area contributed by atoms with Gasteiger partial charge in [-0.3, -0.25) is 0 Å². The van der Waals surface area contributed by atoms with E-state index < -0.39 is 11.5 Å². The summed E-state index contributed by atoms with van der Waals surface area (Å²) in [6.07, 6.45) is 0. The zero-order valence-electron chi connectivity index (χ0n) is 3.98. The first-order valence-electron chi connectivity index (χ1n) is 0.642. The first-order valence-corrected chi connectivity index (χ1v) is 1.62. The van der Waals surface area contributed by atoms with Gasteiger partial charge < -0.3 is 1.43 Å². The Bertz CT molecular complexity index is 51.0. The van der Waals surface area contributed by atoms with Crippen LogP contribution in [0.15, 0.2) is 0 Å². The van der Waals surface area contributed by atoms with Gasteiger partial charge in [-0.1, -0.05) is 4.39 Å². The van der Waals surface area contributed by atoms with E-state index in [-0.39, 0.29) is 20.3 Å². The predicted octanol–water partition coefficient (Wildman–Crippen LogP) is -2.45. The van der Waals surface area contributed by atoms with Crippen LogP contribution in [0.25, 0.3) is 0 Å². The summed E-state index contributed by atoms with van der Waals surface area (Å²) in [5.74, 6) is 0. The molecule has 0 saturated heterocycles. The van der Waals surface area contributed by atoms with Crippen LogP contribution in [0.5, 0.6) is 0 Å². The third-order valence-electron chi connectivity index (χ3n) is 0.0495. The molecule has 0 radical (unpaired) electrons. The van der Waals surface area contributed by atoms with Crippen molar-refractivity contribution >= 4 is 11.5 Å². The van der Waals surface area contributed by atoms with Crippen molar-refractivity contribution < 1.29 is 37.3 Å². The summed E-state index contributed by atoms with van der Waals surface area (Å²) < 4.78 is 31.0. The molecule has 1 unspecified atom stereocenters. The Kier molecular flexibility index (Phi) is 9.05. The fourth-order valence-electron chi connectivity index (χ4n) is 0. The molecule has 6 heteroatoms. The van der Waals surface area contributed by atoms with Gasteiger partial charge in [0.05, 0.1) is 0 Å². The molecule has 2 nitrogen and oxygen atoms in total. The Balaban J connectivity index is -0.0000000800. The molecule has 0 saturated carbocycles. The van der Waals surface area contributed by atoms with E-state index in [2.05, 4.69) is 4.39 Å². The van der Waals surface area contributed by atoms with E-state index in [1.54, 1.807) is 0 Å². The van der Waals surface area contributed by atoms with Crippen molar-refractivity contribution in [3.8, 4) is 0 Å². The van der Waals surface area contributed by atoms with Crippen molar-refractivity contribution in [1.82, 2.24) is 0 Å².